The zero-order valence-corrected chi connectivity index (χ0v) is 8.19. The van der Waals surface area contributed by atoms with Gasteiger partial charge in [0.05, 0.1) is 5.38 Å². The van der Waals surface area contributed by atoms with Gasteiger partial charge in [-0.1, -0.05) is 25.2 Å². The summed E-state index contributed by atoms with van der Waals surface area (Å²) in [5, 5.41) is 0.136. The first-order valence-electron chi connectivity index (χ1n) is 4.00. The van der Waals surface area contributed by atoms with Crippen molar-refractivity contribution in [1.29, 1.82) is 0 Å². The number of allylic oxidation sites excluding steroid dienone is 2. The van der Waals surface area contributed by atoms with Gasteiger partial charge in [0.2, 0.25) is 0 Å². The predicted octanol–water partition coefficient (Wildman–Crippen LogP) is 3.77. The van der Waals surface area contributed by atoms with Gasteiger partial charge in [-0.2, -0.15) is 0 Å². The molecule has 0 amide bonds. The molecule has 0 bridgehead atoms. The zero-order chi connectivity index (χ0) is 8.85. The second-order valence-electron chi connectivity index (χ2n) is 3.10. The number of hydrogen-bond donors (Lipinski definition) is 0. The fourth-order valence-electron chi connectivity index (χ4n) is 0.773. The SMILES string of the molecule is C=CC(C)CCC(Cl)C(=C)C. The van der Waals surface area contributed by atoms with Crippen molar-refractivity contribution in [3.8, 4) is 0 Å². The second kappa shape index (κ2) is 5.42. The molecule has 0 aromatic heterocycles. The van der Waals surface area contributed by atoms with E-state index in [0.29, 0.717) is 5.92 Å². The Labute approximate surface area is 74.9 Å². The van der Waals surface area contributed by atoms with E-state index < -0.39 is 0 Å². The first-order chi connectivity index (χ1) is 5.07. The molecule has 2 atom stereocenters. The average molecular weight is 173 g/mol. The van der Waals surface area contributed by atoms with Crippen LogP contribution in [0.15, 0.2) is 24.8 Å². The smallest absolute Gasteiger partial charge is 0.0540 e. The van der Waals surface area contributed by atoms with Gasteiger partial charge in [0, 0.05) is 0 Å². The van der Waals surface area contributed by atoms with Crippen molar-refractivity contribution in [2.45, 2.75) is 32.1 Å². The molecule has 0 nitrogen and oxygen atoms in total. The Morgan fingerprint density at radius 3 is 2.45 bits per heavy atom. The van der Waals surface area contributed by atoms with E-state index in [4.69, 9.17) is 11.6 Å². The Kier molecular flexibility index (Phi) is 5.31. The summed E-state index contributed by atoms with van der Waals surface area (Å²) in [7, 11) is 0. The molecule has 0 N–H and O–H groups in total. The fraction of sp³-hybridized carbons (Fsp3) is 0.600. The summed E-state index contributed by atoms with van der Waals surface area (Å²) in [6, 6.07) is 0. The van der Waals surface area contributed by atoms with Crippen LogP contribution in [0.25, 0.3) is 0 Å². The van der Waals surface area contributed by atoms with Crippen molar-refractivity contribution in [2.75, 3.05) is 0 Å². The van der Waals surface area contributed by atoms with Crippen molar-refractivity contribution in [3.63, 3.8) is 0 Å². The molecule has 0 rings (SSSR count). The van der Waals surface area contributed by atoms with Gasteiger partial charge in [-0.15, -0.1) is 18.2 Å². The van der Waals surface area contributed by atoms with Gasteiger partial charge in [0.15, 0.2) is 0 Å². The van der Waals surface area contributed by atoms with Crippen molar-refractivity contribution in [1.82, 2.24) is 0 Å². The average Bonchev–Trinajstić information content (AvgIpc) is 1.99. The lowest BCUT2D eigenvalue weighted by Crippen LogP contribution is -2.01. The molecule has 0 spiro atoms. The summed E-state index contributed by atoms with van der Waals surface area (Å²) in [4.78, 5) is 0. The van der Waals surface area contributed by atoms with Crippen molar-refractivity contribution < 1.29 is 0 Å². The molecule has 0 saturated carbocycles. The molecule has 0 radical (unpaired) electrons. The fourth-order valence-corrected chi connectivity index (χ4v) is 0.899. The van der Waals surface area contributed by atoms with Crippen LogP contribution in [0.5, 0.6) is 0 Å². The third-order valence-electron chi connectivity index (χ3n) is 1.81. The standard InChI is InChI=1S/C10H17Cl/c1-5-9(4)6-7-10(11)8(2)3/h5,9-10H,1-2,6-7H2,3-4H3. The maximum absolute atomic E-state index is 5.98. The summed E-state index contributed by atoms with van der Waals surface area (Å²) in [6.45, 7) is 11.6. The molecule has 0 aliphatic carbocycles. The molecular weight excluding hydrogens is 156 g/mol. The van der Waals surface area contributed by atoms with Gasteiger partial charge >= 0.3 is 0 Å². The molecular formula is C10H17Cl. The molecule has 1 heteroatoms. The third-order valence-corrected chi connectivity index (χ3v) is 2.40. The predicted molar refractivity (Wildman–Crippen MR) is 53.1 cm³/mol. The van der Waals surface area contributed by atoms with Gasteiger partial charge in [0.25, 0.3) is 0 Å². The quantitative estimate of drug-likeness (QED) is 0.438. The van der Waals surface area contributed by atoms with Crippen LogP contribution in [0.1, 0.15) is 26.7 Å². The molecule has 0 aromatic rings. The minimum Gasteiger partial charge on any atom is -0.118 e. The van der Waals surface area contributed by atoms with E-state index in [9.17, 15) is 0 Å². The van der Waals surface area contributed by atoms with Gasteiger partial charge in [-0.25, -0.2) is 0 Å². The Hall–Kier alpha value is -0.230. The molecule has 0 aromatic carbocycles. The summed E-state index contributed by atoms with van der Waals surface area (Å²) >= 11 is 5.98. The maximum atomic E-state index is 5.98. The van der Waals surface area contributed by atoms with Crippen LogP contribution in [0.2, 0.25) is 0 Å². The third kappa shape index (κ3) is 5.09. The van der Waals surface area contributed by atoms with Crippen LogP contribution >= 0.6 is 11.6 Å². The first-order valence-corrected chi connectivity index (χ1v) is 4.43. The highest BCUT2D eigenvalue weighted by Gasteiger charge is 2.05. The van der Waals surface area contributed by atoms with Crippen molar-refractivity contribution >= 4 is 11.6 Å². The van der Waals surface area contributed by atoms with Gasteiger partial charge in [-0.3, -0.25) is 0 Å². The van der Waals surface area contributed by atoms with Crippen LogP contribution in [0.3, 0.4) is 0 Å². The van der Waals surface area contributed by atoms with Gasteiger partial charge < -0.3 is 0 Å². The zero-order valence-electron chi connectivity index (χ0n) is 7.44. The van der Waals surface area contributed by atoms with E-state index >= 15 is 0 Å². The Balaban J connectivity index is 3.53. The first kappa shape index (κ1) is 10.8. The lowest BCUT2D eigenvalue weighted by atomic mass is 10.0. The number of rotatable bonds is 5. The van der Waals surface area contributed by atoms with E-state index in [1.165, 1.54) is 0 Å². The van der Waals surface area contributed by atoms with Crippen LogP contribution < -0.4 is 0 Å². The van der Waals surface area contributed by atoms with Crippen LogP contribution in [0.4, 0.5) is 0 Å². The molecule has 0 aliphatic heterocycles. The minimum atomic E-state index is 0.136. The van der Waals surface area contributed by atoms with E-state index in [1.54, 1.807) is 0 Å². The molecule has 0 aliphatic rings. The minimum absolute atomic E-state index is 0.136. The molecule has 0 heterocycles. The molecule has 0 fully saturated rings. The van der Waals surface area contributed by atoms with Crippen LogP contribution in [-0.2, 0) is 0 Å². The highest BCUT2D eigenvalue weighted by molar-refractivity contribution is 6.22. The van der Waals surface area contributed by atoms with E-state index in [-0.39, 0.29) is 5.38 Å². The maximum Gasteiger partial charge on any atom is 0.0540 e. The molecule has 2 unspecified atom stereocenters. The van der Waals surface area contributed by atoms with Gasteiger partial charge in [-0.05, 0) is 25.7 Å². The lowest BCUT2D eigenvalue weighted by Gasteiger charge is -2.10. The highest BCUT2D eigenvalue weighted by atomic mass is 35.5. The topological polar surface area (TPSA) is 0 Å². The van der Waals surface area contributed by atoms with E-state index in [2.05, 4.69) is 20.1 Å². The number of alkyl halides is 1. The summed E-state index contributed by atoms with van der Waals surface area (Å²) in [5.41, 5.74) is 1.06. The van der Waals surface area contributed by atoms with Crippen LogP contribution in [0, 0.1) is 5.92 Å². The summed E-state index contributed by atoms with van der Waals surface area (Å²) in [6.07, 6.45) is 4.07. The highest BCUT2D eigenvalue weighted by Crippen LogP contribution is 2.17. The monoisotopic (exact) mass is 172 g/mol. The van der Waals surface area contributed by atoms with E-state index in [0.717, 1.165) is 18.4 Å². The number of halogens is 1. The Morgan fingerprint density at radius 1 is 1.55 bits per heavy atom. The van der Waals surface area contributed by atoms with Crippen molar-refractivity contribution in [3.05, 3.63) is 24.8 Å². The molecule has 11 heavy (non-hydrogen) atoms. The molecule has 0 saturated heterocycles. The largest absolute Gasteiger partial charge is 0.118 e. The normalized spacial score (nSPS) is 15.5. The van der Waals surface area contributed by atoms with Gasteiger partial charge in [0.1, 0.15) is 0 Å². The Bertz CT molecular complexity index is 138. The van der Waals surface area contributed by atoms with Crippen LogP contribution in [-0.4, -0.2) is 5.38 Å². The van der Waals surface area contributed by atoms with Crippen molar-refractivity contribution in [2.24, 2.45) is 5.92 Å². The number of hydrogen-bond acceptors (Lipinski definition) is 0. The Morgan fingerprint density at radius 2 is 2.09 bits per heavy atom. The second-order valence-corrected chi connectivity index (χ2v) is 3.63. The molecule has 64 valence electrons. The lowest BCUT2D eigenvalue weighted by molar-refractivity contribution is 0.609. The summed E-state index contributed by atoms with van der Waals surface area (Å²) in [5.74, 6) is 0.565. The van der Waals surface area contributed by atoms with E-state index in [1.807, 2.05) is 13.0 Å². The summed E-state index contributed by atoms with van der Waals surface area (Å²) < 4.78 is 0.